The van der Waals surface area contributed by atoms with Crippen LogP contribution < -0.4 is 15.8 Å². The van der Waals surface area contributed by atoms with Crippen molar-refractivity contribution in [2.75, 3.05) is 18.2 Å². The lowest BCUT2D eigenvalue weighted by Crippen LogP contribution is -2.00. The molecule has 0 heterocycles. The van der Waals surface area contributed by atoms with Crippen LogP contribution in [0.1, 0.15) is 17.3 Å². The summed E-state index contributed by atoms with van der Waals surface area (Å²) in [6.45, 7) is 1.50. The van der Waals surface area contributed by atoms with E-state index in [9.17, 15) is 4.79 Å². The molecule has 0 aliphatic rings. The second kappa shape index (κ2) is 5.44. The van der Waals surface area contributed by atoms with Crippen molar-refractivity contribution in [3.63, 3.8) is 0 Å². The van der Waals surface area contributed by atoms with Gasteiger partial charge in [0.1, 0.15) is 5.75 Å². The molecular weight excluding hydrogens is 240 g/mol. The van der Waals surface area contributed by atoms with E-state index in [1.165, 1.54) is 6.92 Å². The Bertz CT molecular complexity index is 592. The third-order valence-electron chi connectivity index (χ3n) is 2.81. The average Bonchev–Trinajstić information content (AvgIpc) is 2.39. The molecule has 4 nitrogen and oxygen atoms in total. The van der Waals surface area contributed by atoms with E-state index in [0.29, 0.717) is 11.3 Å². The molecule has 0 spiro atoms. The van der Waals surface area contributed by atoms with Crippen molar-refractivity contribution in [1.82, 2.24) is 0 Å². The average molecular weight is 256 g/mol. The van der Waals surface area contributed by atoms with Gasteiger partial charge in [-0.3, -0.25) is 4.79 Å². The number of anilines is 3. The van der Waals surface area contributed by atoms with E-state index in [-0.39, 0.29) is 5.78 Å². The van der Waals surface area contributed by atoms with E-state index < -0.39 is 0 Å². The predicted molar refractivity (Wildman–Crippen MR) is 77.1 cm³/mol. The highest BCUT2D eigenvalue weighted by atomic mass is 16.5. The number of nitrogens with one attached hydrogen (secondary N) is 1. The first kappa shape index (κ1) is 13.0. The summed E-state index contributed by atoms with van der Waals surface area (Å²) in [5.41, 5.74) is 8.63. The molecule has 2 aromatic rings. The Hall–Kier alpha value is -2.49. The van der Waals surface area contributed by atoms with E-state index >= 15 is 0 Å². The van der Waals surface area contributed by atoms with Gasteiger partial charge in [0.05, 0.1) is 7.11 Å². The molecule has 0 saturated carbocycles. The van der Waals surface area contributed by atoms with Gasteiger partial charge in [-0.2, -0.15) is 0 Å². The summed E-state index contributed by atoms with van der Waals surface area (Å²) in [6.07, 6.45) is 0. The van der Waals surface area contributed by atoms with Crippen LogP contribution in [0.2, 0.25) is 0 Å². The van der Waals surface area contributed by atoms with E-state index in [2.05, 4.69) is 5.32 Å². The summed E-state index contributed by atoms with van der Waals surface area (Å²) in [7, 11) is 1.63. The molecule has 2 rings (SSSR count). The first-order chi connectivity index (χ1) is 9.10. The first-order valence-electron chi connectivity index (χ1n) is 5.91. The number of hydrogen-bond donors (Lipinski definition) is 2. The number of hydrogen-bond acceptors (Lipinski definition) is 4. The quantitative estimate of drug-likeness (QED) is 0.651. The molecule has 19 heavy (non-hydrogen) atoms. The fourth-order valence-corrected chi connectivity index (χ4v) is 1.80. The fraction of sp³-hybridized carbons (Fsp3) is 0.133. The van der Waals surface area contributed by atoms with Crippen molar-refractivity contribution in [1.29, 1.82) is 0 Å². The van der Waals surface area contributed by atoms with Gasteiger partial charge in [0.2, 0.25) is 0 Å². The molecule has 98 valence electrons. The van der Waals surface area contributed by atoms with Crippen molar-refractivity contribution in [3.8, 4) is 5.75 Å². The summed E-state index contributed by atoms with van der Waals surface area (Å²) in [4.78, 5) is 11.3. The highest BCUT2D eigenvalue weighted by molar-refractivity contribution is 5.99. The Balaban J connectivity index is 2.18. The SMILES string of the molecule is COc1ccc(Nc2ccc(C(C)=O)c(N)c2)cc1. The van der Waals surface area contributed by atoms with Crippen molar-refractivity contribution in [2.24, 2.45) is 0 Å². The molecule has 4 heteroatoms. The number of methoxy groups -OCH3 is 1. The number of benzene rings is 2. The second-order valence-electron chi connectivity index (χ2n) is 4.21. The van der Waals surface area contributed by atoms with Gasteiger partial charge in [0, 0.05) is 22.6 Å². The van der Waals surface area contributed by atoms with Crippen LogP contribution in [0.3, 0.4) is 0 Å². The molecule has 0 amide bonds. The Morgan fingerprint density at radius 2 is 1.74 bits per heavy atom. The van der Waals surface area contributed by atoms with Gasteiger partial charge < -0.3 is 15.8 Å². The smallest absolute Gasteiger partial charge is 0.161 e. The number of nitrogen functional groups attached to an aromatic ring is 1. The minimum absolute atomic E-state index is 0.0338. The first-order valence-corrected chi connectivity index (χ1v) is 5.91. The van der Waals surface area contributed by atoms with E-state index in [0.717, 1.165) is 17.1 Å². The van der Waals surface area contributed by atoms with Crippen LogP contribution in [-0.4, -0.2) is 12.9 Å². The molecule has 0 fully saturated rings. The third-order valence-corrected chi connectivity index (χ3v) is 2.81. The van der Waals surface area contributed by atoms with Crippen molar-refractivity contribution < 1.29 is 9.53 Å². The number of ether oxygens (including phenoxy) is 1. The Morgan fingerprint density at radius 1 is 1.11 bits per heavy atom. The van der Waals surface area contributed by atoms with Crippen LogP contribution in [0, 0.1) is 0 Å². The van der Waals surface area contributed by atoms with E-state index in [1.54, 1.807) is 19.2 Å². The maximum absolute atomic E-state index is 11.3. The lowest BCUT2D eigenvalue weighted by Gasteiger charge is -2.09. The molecule has 0 unspecified atom stereocenters. The lowest BCUT2D eigenvalue weighted by molar-refractivity contribution is 0.101. The highest BCUT2D eigenvalue weighted by Crippen LogP contribution is 2.23. The number of carbonyl (C=O) groups is 1. The van der Waals surface area contributed by atoms with Gasteiger partial charge in [0.25, 0.3) is 0 Å². The largest absolute Gasteiger partial charge is 0.497 e. The zero-order valence-electron chi connectivity index (χ0n) is 10.9. The van der Waals surface area contributed by atoms with Crippen molar-refractivity contribution >= 4 is 22.8 Å². The molecule has 0 aliphatic carbocycles. The molecule has 0 aliphatic heterocycles. The topological polar surface area (TPSA) is 64.3 Å². The lowest BCUT2D eigenvalue weighted by atomic mass is 10.1. The van der Waals surface area contributed by atoms with Gasteiger partial charge in [-0.15, -0.1) is 0 Å². The number of rotatable bonds is 4. The molecule has 0 aromatic heterocycles. The molecule has 0 atom stereocenters. The molecule has 0 saturated heterocycles. The molecular formula is C15H16N2O2. The molecule has 2 aromatic carbocycles. The van der Waals surface area contributed by atoms with Crippen LogP contribution in [0.25, 0.3) is 0 Å². The predicted octanol–water partition coefficient (Wildman–Crippen LogP) is 3.22. The molecule has 3 N–H and O–H groups in total. The van der Waals surface area contributed by atoms with Crippen LogP contribution >= 0.6 is 0 Å². The fourth-order valence-electron chi connectivity index (χ4n) is 1.80. The van der Waals surface area contributed by atoms with Crippen LogP contribution in [0.15, 0.2) is 42.5 Å². The van der Waals surface area contributed by atoms with Crippen molar-refractivity contribution in [2.45, 2.75) is 6.92 Å². The summed E-state index contributed by atoms with van der Waals surface area (Å²) in [5.74, 6) is 0.769. The van der Waals surface area contributed by atoms with E-state index in [4.69, 9.17) is 10.5 Å². The summed E-state index contributed by atoms with van der Waals surface area (Å²) >= 11 is 0. The van der Waals surface area contributed by atoms with Crippen LogP contribution in [0.4, 0.5) is 17.1 Å². The minimum Gasteiger partial charge on any atom is -0.497 e. The zero-order valence-corrected chi connectivity index (χ0v) is 10.9. The molecule has 0 radical (unpaired) electrons. The van der Waals surface area contributed by atoms with Gasteiger partial charge in [0.15, 0.2) is 5.78 Å². The van der Waals surface area contributed by atoms with Gasteiger partial charge in [-0.05, 0) is 49.4 Å². The van der Waals surface area contributed by atoms with Crippen LogP contribution in [-0.2, 0) is 0 Å². The maximum atomic E-state index is 11.3. The van der Waals surface area contributed by atoms with Crippen molar-refractivity contribution in [3.05, 3.63) is 48.0 Å². The summed E-state index contributed by atoms with van der Waals surface area (Å²) in [6, 6.07) is 12.9. The van der Waals surface area contributed by atoms with Gasteiger partial charge >= 0.3 is 0 Å². The van der Waals surface area contributed by atoms with E-state index in [1.807, 2.05) is 30.3 Å². The number of nitrogens with two attached hydrogens (primary N) is 1. The van der Waals surface area contributed by atoms with Crippen LogP contribution in [0.5, 0.6) is 5.75 Å². The highest BCUT2D eigenvalue weighted by Gasteiger charge is 2.05. The third kappa shape index (κ3) is 3.04. The number of Topliss-reactive ketones (excluding diaryl/α,β-unsaturated/α-hetero) is 1. The Labute approximate surface area is 112 Å². The summed E-state index contributed by atoms with van der Waals surface area (Å²) < 4.78 is 5.10. The molecule has 0 bridgehead atoms. The normalized spacial score (nSPS) is 10.0. The van der Waals surface area contributed by atoms with Gasteiger partial charge in [-0.25, -0.2) is 0 Å². The monoisotopic (exact) mass is 256 g/mol. The number of carbonyl (C=O) groups excluding carboxylic acids is 1. The Kier molecular flexibility index (Phi) is 3.71. The maximum Gasteiger partial charge on any atom is 0.161 e. The summed E-state index contributed by atoms with van der Waals surface area (Å²) in [5, 5.41) is 3.22. The van der Waals surface area contributed by atoms with Gasteiger partial charge in [-0.1, -0.05) is 0 Å². The second-order valence-corrected chi connectivity index (χ2v) is 4.21. The standard InChI is InChI=1S/C15H16N2O2/c1-10(18)14-8-5-12(9-15(14)16)17-11-3-6-13(19-2)7-4-11/h3-9,17H,16H2,1-2H3. The number of ketones is 1. The Morgan fingerprint density at radius 3 is 2.26 bits per heavy atom. The zero-order chi connectivity index (χ0) is 13.8. The minimum atomic E-state index is -0.0338.